The number of hydrogen-bond acceptors (Lipinski definition) is 2. The van der Waals surface area contributed by atoms with Gasteiger partial charge in [-0.1, -0.05) is 32.6 Å². The number of rotatable bonds is 6. The third-order valence-electron chi connectivity index (χ3n) is 2.97. The molecule has 1 heterocycles. The van der Waals surface area contributed by atoms with Crippen molar-refractivity contribution < 1.29 is 4.79 Å². The summed E-state index contributed by atoms with van der Waals surface area (Å²) < 4.78 is 0. The lowest BCUT2D eigenvalue weighted by Crippen LogP contribution is -2.43. The van der Waals surface area contributed by atoms with Crippen molar-refractivity contribution in [2.75, 3.05) is 6.54 Å². The van der Waals surface area contributed by atoms with Crippen LogP contribution in [0, 0.1) is 0 Å². The fourth-order valence-corrected chi connectivity index (χ4v) is 1.91. The highest BCUT2D eigenvalue weighted by molar-refractivity contribution is 6.08. The van der Waals surface area contributed by atoms with Crippen molar-refractivity contribution in [2.24, 2.45) is 4.99 Å². The molecule has 0 radical (unpaired) electrons. The number of unbranched alkanes of at least 4 members (excludes halogenated alkanes) is 3. The minimum absolute atomic E-state index is 0.0520. The zero-order valence-electron chi connectivity index (χ0n) is 10.6. The zero-order valence-corrected chi connectivity index (χ0v) is 10.6. The van der Waals surface area contributed by atoms with Gasteiger partial charge in [-0.05, 0) is 20.3 Å². The number of guanidine groups is 1. The monoisotopic (exact) mass is 225 g/mol. The van der Waals surface area contributed by atoms with Crippen LogP contribution in [-0.2, 0) is 4.79 Å². The molecule has 0 saturated carbocycles. The molecule has 1 amide bonds. The minimum Gasteiger partial charge on any atom is -0.342 e. The first-order valence-corrected chi connectivity index (χ1v) is 6.26. The van der Waals surface area contributed by atoms with Crippen LogP contribution in [0.2, 0.25) is 0 Å². The van der Waals surface area contributed by atoms with E-state index in [9.17, 15) is 4.79 Å². The molecule has 1 rings (SSSR count). The first-order chi connectivity index (χ1) is 7.62. The van der Waals surface area contributed by atoms with Crippen LogP contribution in [0.5, 0.6) is 0 Å². The standard InChI is InChI=1S/C12H23N3O/c1-4-6-7-8-9-12(3)10(16)14-11(15-12)13-5-2/h4-9H2,1-3H3,(H2,13,14,15,16). The average molecular weight is 225 g/mol. The molecule has 0 aromatic heterocycles. The smallest absolute Gasteiger partial charge is 0.252 e. The van der Waals surface area contributed by atoms with Gasteiger partial charge in [-0.25, -0.2) is 0 Å². The van der Waals surface area contributed by atoms with Gasteiger partial charge in [0.2, 0.25) is 0 Å². The van der Waals surface area contributed by atoms with Crippen molar-refractivity contribution in [3.63, 3.8) is 0 Å². The normalized spacial score (nSPS) is 26.9. The highest BCUT2D eigenvalue weighted by Gasteiger charge is 2.39. The SMILES string of the molecule is CCCCCCC1(C)NC(=NCC)NC1=O. The molecule has 16 heavy (non-hydrogen) atoms. The molecule has 1 unspecified atom stereocenters. The number of carbonyl (C=O) groups is 1. The number of carbonyl (C=O) groups excluding carboxylic acids is 1. The maximum atomic E-state index is 11.8. The summed E-state index contributed by atoms with van der Waals surface area (Å²) in [5.74, 6) is 0.682. The summed E-state index contributed by atoms with van der Waals surface area (Å²) in [6.07, 6.45) is 5.62. The minimum atomic E-state index is -0.457. The second-order valence-electron chi connectivity index (χ2n) is 4.54. The number of hydrogen-bond donors (Lipinski definition) is 2. The highest BCUT2D eigenvalue weighted by atomic mass is 16.2. The van der Waals surface area contributed by atoms with E-state index >= 15 is 0 Å². The highest BCUT2D eigenvalue weighted by Crippen LogP contribution is 2.18. The largest absolute Gasteiger partial charge is 0.342 e. The second-order valence-corrected chi connectivity index (χ2v) is 4.54. The molecule has 1 aliphatic heterocycles. The van der Waals surface area contributed by atoms with Gasteiger partial charge in [0.1, 0.15) is 5.54 Å². The third kappa shape index (κ3) is 3.22. The van der Waals surface area contributed by atoms with Gasteiger partial charge in [0, 0.05) is 6.54 Å². The van der Waals surface area contributed by atoms with Crippen molar-refractivity contribution in [2.45, 2.75) is 58.4 Å². The van der Waals surface area contributed by atoms with E-state index < -0.39 is 5.54 Å². The van der Waals surface area contributed by atoms with Gasteiger partial charge in [0.05, 0.1) is 0 Å². The third-order valence-corrected chi connectivity index (χ3v) is 2.97. The molecule has 0 aromatic carbocycles. The molecule has 1 fully saturated rings. The molecule has 0 aromatic rings. The fraction of sp³-hybridized carbons (Fsp3) is 0.833. The predicted octanol–water partition coefficient (Wildman–Crippen LogP) is 1.81. The lowest BCUT2D eigenvalue weighted by molar-refractivity contribution is -0.123. The van der Waals surface area contributed by atoms with Gasteiger partial charge in [-0.2, -0.15) is 0 Å². The van der Waals surface area contributed by atoms with Gasteiger partial charge in [0.15, 0.2) is 5.96 Å². The Morgan fingerprint density at radius 3 is 2.62 bits per heavy atom. The molecule has 0 bridgehead atoms. The van der Waals surface area contributed by atoms with Crippen LogP contribution in [0.25, 0.3) is 0 Å². The Morgan fingerprint density at radius 1 is 1.25 bits per heavy atom. The molecule has 4 nitrogen and oxygen atoms in total. The predicted molar refractivity (Wildman–Crippen MR) is 66.4 cm³/mol. The molecule has 0 spiro atoms. The van der Waals surface area contributed by atoms with Crippen molar-refractivity contribution >= 4 is 11.9 Å². The van der Waals surface area contributed by atoms with E-state index in [0.29, 0.717) is 12.5 Å². The number of nitrogens with zero attached hydrogens (tertiary/aromatic N) is 1. The molecular formula is C12H23N3O. The van der Waals surface area contributed by atoms with Crippen LogP contribution >= 0.6 is 0 Å². The van der Waals surface area contributed by atoms with Crippen molar-refractivity contribution in [1.82, 2.24) is 10.6 Å². The van der Waals surface area contributed by atoms with Crippen LogP contribution in [0.1, 0.15) is 52.9 Å². The van der Waals surface area contributed by atoms with Crippen LogP contribution < -0.4 is 10.6 Å². The van der Waals surface area contributed by atoms with E-state index in [4.69, 9.17) is 0 Å². The Bertz CT molecular complexity index is 275. The van der Waals surface area contributed by atoms with Gasteiger partial charge in [0.25, 0.3) is 5.91 Å². The summed E-state index contributed by atoms with van der Waals surface area (Å²) in [4.78, 5) is 16.0. The summed E-state index contributed by atoms with van der Waals surface area (Å²) in [6.45, 7) is 6.78. The molecule has 1 saturated heterocycles. The number of amides is 1. The summed E-state index contributed by atoms with van der Waals surface area (Å²) in [7, 11) is 0. The van der Waals surface area contributed by atoms with Crippen molar-refractivity contribution in [3.05, 3.63) is 0 Å². The molecule has 1 atom stereocenters. The number of aliphatic imine (C=N–C) groups is 1. The zero-order chi connectivity index (χ0) is 12.0. The van der Waals surface area contributed by atoms with Crippen LogP contribution in [0.4, 0.5) is 0 Å². The van der Waals surface area contributed by atoms with E-state index in [1.165, 1.54) is 19.3 Å². The van der Waals surface area contributed by atoms with Crippen LogP contribution in [0.3, 0.4) is 0 Å². The lowest BCUT2D eigenvalue weighted by Gasteiger charge is -2.20. The van der Waals surface area contributed by atoms with Gasteiger partial charge in [-0.3, -0.25) is 15.1 Å². The maximum Gasteiger partial charge on any atom is 0.252 e. The summed E-state index contributed by atoms with van der Waals surface area (Å²) >= 11 is 0. The average Bonchev–Trinajstić information content (AvgIpc) is 2.51. The van der Waals surface area contributed by atoms with E-state index in [1.54, 1.807) is 0 Å². The molecular weight excluding hydrogens is 202 g/mol. The first kappa shape index (κ1) is 13.0. The summed E-state index contributed by atoms with van der Waals surface area (Å²) in [5.41, 5.74) is -0.457. The van der Waals surface area contributed by atoms with E-state index in [-0.39, 0.29) is 5.91 Å². The lowest BCUT2D eigenvalue weighted by atomic mass is 9.94. The van der Waals surface area contributed by atoms with Crippen LogP contribution in [0.15, 0.2) is 4.99 Å². The summed E-state index contributed by atoms with van der Waals surface area (Å²) in [5, 5.41) is 5.97. The first-order valence-electron chi connectivity index (χ1n) is 6.26. The van der Waals surface area contributed by atoms with Crippen molar-refractivity contribution in [1.29, 1.82) is 0 Å². The number of nitrogens with one attached hydrogen (secondary N) is 2. The fourth-order valence-electron chi connectivity index (χ4n) is 1.91. The Morgan fingerprint density at radius 2 is 2.00 bits per heavy atom. The molecule has 4 heteroatoms. The Labute approximate surface area is 97.9 Å². The Kier molecular flexibility index (Phi) is 4.77. The topological polar surface area (TPSA) is 53.5 Å². The quantitative estimate of drug-likeness (QED) is 0.677. The van der Waals surface area contributed by atoms with E-state index in [0.717, 1.165) is 12.8 Å². The van der Waals surface area contributed by atoms with Gasteiger partial charge < -0.3 is 5.32 Å². The molecule has 92 valence electrons. The van der Waals surface area contributed by atoms with Crippen molar-refractivity contribution in [3.8, 4) is 0 Å². The Hall–Kier alpha value is -1.06. The molecule has 0 aliphatic carbocycles. The second kappa shape index (κ2) is 5.87. The van der Waals surface area contributed by atoms with E-state index in [1.807, 2.05) is 13.8 Å². The molecule has 1 aliphatic rings. The maximum absolute atomic E-state index is 11.8. The van der Waals surface area contributed by atoms with Crippen LogP contribution in [-0.4, -0.2) is 24.0 Å². The van der Waals surface area contributed by atoms with Gasteiger partial charge >= 0.3 is 0 Å². The molecule has 2 N–H and O–H groups in total. The summed E-state index contributed by atoms with van der Waals surface area (Å²) in [6, 6.07) is 0. The Balaban J connectivity index is 2.44. The van der Waals surface area contributed by atoms with Gasteiger partial charge in [-0.15, -0.1) is 0 Å². The van der Waals surface area contributed by atoms with E-state index in [2.05, 4.69) is 22.5 Å².